The average Bonchev–Trinajstić information content (AvgIpc) is 2.57. The Morgan fingerprint density at radius 3 is 2.56 bits per heavy atom. The molecule has 0 radical (unpaired) electrons. The SMILES string of the molecule is Cc1cccc2nc(C(C)(C)C)c(N=O)n12. The van der Waals surface area contributed by atoms with Gasteiger partial charge in [-0.05, 0) is 24.2 Å². The monoisotopic (exact) mass is 217 g/mol. The first kappa shape index (κ1) is 10.8. The molecule has 2 aromatic heterocycles. The van der Waals surface area contributed by atoms with Gasteiger partial charge in [0.15, 0.2) is 0 Å². The van der Waals surface area contributed by atoms with Crippen LogP contribution in [0.4, 0.5) is 5.82 Å². The Morgan fingerprint density at radius 1 is 1.31 bits per heavy atom. The minimum atomic E-state index is -0.179. The summed E-state index contributed by atoms with van der Waals surface area (Å²) in [6, 6.07) is 5.76. The zero-order valence-corrected chi connectivity index (χ0v) is 9.98. The van der Waals surface area contributed by atoms with Crippen LogP contribution in [0, 0.1) is 11.8 Å². The summed E-state index contributed by atoms with van der Waals surface area (Å²) >= 11 is 0. The summed E-state index contributed by atoms with van der Waals surface area (Å²) in [6.07, 6.45) is 0. The summed E-state index contributed by atoms with van der Waals surface area (Å²) in [7, 11) is 0. The van der Waals surface area contributed by atoms with Crippen molar-refractivity contribution in [1.29, 1.82) is 0 Å². The minimum absolute atomic E-state index is 0.179. The summed E-state index contributed by atoms with van der Waals surface area (Å²) in [6.45, 7) is 8.02. The largest absolute Gasteiger partial charge is 0.279 e. The van der Waals surface area contributed by atoms with Crippen molar-refractivity contribution in [2.75, 3.05) is 0 Å². The predicted octanol–water partition coefficient (Wildman–Crippen LogP) is 3.34. The van der Waals surface area contributed by atoms with Gasteiger partial charge in [0.1, 0.15) is 5.65 Å². The lowest BCUT2D eigenvalue weighted by Crippen LogP contribution is -2.11. The van der Waals surface area contributed by atoms with Crippen LogP contribution in [0.3, 0.4) is 0 Å². The van der Waals surface area contributed by atoms with Gasteiger partial charge in [0.2, 0.25) is 5.82 Å². The van der Waals surface area contributed by atoms with Crippen molar-refractivity contribution < 1.29 is 0 Å². The van der Waals surface area contributed by atoms with Crippen LogP contribution >= 0.6 is 0 Å². The molecule has 2 rings (SSSR count). The number of hydrogen-bond acceptors (Lipinski definition) is 3. The Morgan fingerprint density at radius 2 is 2.00 bits per heavy atom. The van der Waals surface area contributed by atoms with Crippen molar-refractivity contribution in [3.8, 4) is 0 Å². The summed E-state index contributed by atoms with van der Waals surface area (Å²) in [5, 5.41) is 3.14. The number of rotatable bonds is 1. The molecule has 0 bridgehead atoms. The molecule has 2 heterocycles. The van der Waals surface area contributed by atoms with Gasteiger partial charge in [-0.1, -0.05) is 26.8 Å². The fraction of sp³-hybridized carbons (Fsp3) is 0.417. The number of aromatic nitrogens is 2. The lowest BCUT2D eigenvalue weighted by atomic mass is 9.92. The molecule has 2 aromatic rings. The van der Waals surface area contributed by atoms with E-state index in [-0.39, 0.29) is 5.41 Å². The van der Waals surface area contributed by atoms with E-state index in [9.17, 15) is 4.91 Å². The van der Waals surface area contributed by atoms with E-state index in [0.29, 0.717) is 5.82 Å². The Labute approximate surface area is 94.3 Å². The predicted molar refractivity (Wildman–Crippen MR) is 64.1 cm³/mol. The lowest BCUT2D eigenvalue weighted by Gasteiger charge is -2.14. The van der Waals surface area contributed by atoms with Crippen molar-refractivity contribution in [3.05, 3.63) is 34.5 Å². The first-order valence-corrected chi connectivity index (χ1v) is 5.27. The number of hydrogen-bond donors (Lipinski definition) is 0. The van der Waals surface area contributed by atoms with Gasteiger partial charge < -0.3 is 0 Å². The van der Waals surface area contributed by atoms with Crippen LogP contribution in [0.2, 0.25) is 0 Å². The normalized spacial score (nSPS) is 12.0. The maximum atomic E-state index is 11.0. The molecule has 0 aliphatic heterocycles. The average molecular weight is 217 g/mol. The van der Waals surface area contributed by atoms with Crippen LogP contribution in [0.25, 0.3) is 5.65 Å². The number of aryl methyl sites for hydroxylation is 1. The number of imidazole rings is 1. The Bertz CT molecular complexity index is 549. The zero-order valence-electron chi connectivity index (χ0n) is 9.98. The molecule has 0 spiro atoms. The molecule has 0 unspecified atom stereocenters. The second-order valence-electron chi connectivity index (χ2n) is 4.99. The van der Waals surface area contributed by atoms with Gasteiger partial charge in [-0.2, -0.15) is 0 Å². The molecule has 0 aliphatic rings. The molecule has 84 valence electrons. The number of nitrogens with zero attached hydrogens (tertiary/aromatic N) is 3. The third-order valence-electron chi connectivity index (χ3n) is 2.61. The Hall–Kier alpha value is -1.71. The van der Waals surface area contributed by atoms with Crippen LogP contribution < -0.4 is 0 Å². The number of nitroso groups, excluding NO2 is 1. The molecular weight excluding hydrogens is 202 g/mol. The third-order valence-corrected chi connectivity index (χ3v) is 2.61. The highest BCUT2D eigenvalue weighted by atomic mass is 16.3. The molecule has 0 fully saturated rings. The van der Waals surface area contributed by atoms with E-state index in [1.807, 2.05) is 45.9 Å². The van der Waals surface area contributed by atoms with Gasteiger partial charge in [-0.25, -0.2) is 4.98 Å². The van der Waals surface area contributed by atoms with E-state index in [0.717, 1.165) is 17.0 Å². The van der Waals surface area contributed by atoms with Crippen LogP contribution in [0.5, 0.6) is 0 Å². The molecule has 4 heteroatoms. The zero-order chi connectivity index (χ0) is 11.9. The van der Waals surface area contributed by atoms with Crippen LogP contribution in [-0.2, 0) is 5.41 Å². The van der Waals surface area contributed by atoms with E-state index >= 15 is 0 Å². The van der Waals surface area contributed by atoms with E-state index in [1.54, 1.807) is 4.40 Å². The van der Waals surface area contributed by atoms with Crippen molar-refractivity contribution in [3.63, 3.8) is 0 Å². The Balaban J connectivity index is 2.88. The third kappa shape index (κ3) is 1.50. The summed E-state index contributed by atoms with van der Waals surface area (Å²) in [4.78, 5) is 15.5. The second-order valence-corrected chi connectivity index (χ2v) is 4.99. The number of pyridine rings is 1. The summed E-state index contributed by atoms with van der Waals surface area (Å²) in [5.74, 6) is 0.417. The molecule has 0 saturated carbocycles. The van der Waals surface area contributed by atoms with Crippen molar-refractivity contribution >= 4 is 11.5 Å². The molecule has 4 nitrogen and oxygen atoms in total. The molecule has 0 saturated heterocycles. The van der Waals surface area contributed by atoms with Gasteiger partial charge in [-0.3, -0.25) is 4.40 Å². The second kappa shape index (κ2) is 3.40. The van der Waals surface area contributed by atoms with Gasteiger partial charge in [0.25, 0.3) is 0 Å². The smallest absolute Gasteiger partial charge is 0.205 e. The molecule has 16 heavy (non-hydrogen) atoms. The van der Waals surface area contributed by atoms with Crippen LogP contribution in [0.1, 0.15) is 32.2 Å². The van der Waals surface area contributed by atoms with Crippen molar-refractivity contribution in [1.82, 2.24) is 9.38 Å². The van der Waals surface area contributed by atoms with E-state index in [2.05, 4.69) is 10.2 Å². The topological polar surface area (TPSA) is 46.7 Å². The first-order chi connectivity index (χ1) is 7.45. The molecule has 0 atom stereocenters. The Kier molecular flexibility index (Phi) is 2.30. The van der Waals surface area contributed by atoms with Gasteiger partial charge in [0.05, 0.1) is 5.69 Å². The maximum Gasteiger partial charge on any atom is 0.205 e. The lowest BCUT2D eigenvalue weighted by molar-refractivity contribution is 0.574. The van der Waals surface area contributed by atoms with E-state index < -0.39 is 0 Å². The van der Waals surface area contributed by atoms with Crippen LogP contribution in [-0.4, -0.2) is 9.38 Å². The molecule has 0 aromatic carbocycles. The fourth-order valence-electron chi connectivity index (χ4n) is 1.82. The van der Waals surface area contributed by atoms with Crippen molar-refractivity contribution in [2.24, 2.45) is 5.18 Å². The maximum absolute atomic E-state index is 11.0. The van der Waals surface area contributed by atoms with Gasteiger partial charge in [-0.15, -0.1) is 4.91 Å². The highest BCUT2D eigenvalue weighted by molar-refractivity contribution is 5.55. The van der Waals surface area contributed by atoms with Crippen molar-refractivity contribution in [2.45, 2.75) is 33.1 Å². The quantitative estimate of drug-likeness (QED) is 0.688. The molecule has 0 amide bonds. The van der Waals surface area contributed by atoms with E-state index in [4.69, 9.17) is 0 Å². The summed E-state index contributed by atoms with van der Waals surface area (Å²) in [5.41, 5.74) is 2.31. The standard InChI is InChI=1S/C12H15N3O/c1-8-6-5-7-9-13-10(12(2,3)4)11(14-16)15(8)9/h5-7H,1-4H3. The van der Waals surface area contributed by atoms with E-state index in [1.165, 1.54) is 0 Å². The fourth-order valence-corrected chi connectivity index (χ4v) is 1.82. The molecule has 0 aliphatic carbocycles. The highest BCUT2D eigenvalue weighted by Crippen LogP contribution is 2.32. The van der Waals surface area contributed by atoms with Gasteiger partial charge in [0, 0.05) is 11.1 Å². The van der Waals surface area contributed by atoms with Gasteiger partial charge >= 0.3 is 0 Å². The summed E-state index contributed by atoms with van der Waals surface area (Å²) < 4.78 is 1.80. The number of fused-ring (bicyclic) bond motifs is 1. The van der Waals surface area contributed by atoms with Crippen LogP contribution in [0.15, 0.2) is 23.4 Å². The minimum Gasteiger partial charge on any atom is -0.279 e. The highest BCUT2D eigenvalue weighted by Gasteiger charge is 2.25. The molecular formula is C12H15N3O. The molecule has 0 N–H and O–H groups in total. The first-order valence-electron chi connectivity index (χ1n) is 5.27.